The lowest BCUT2D eigenvalue weighted by Gasteiger charge is -2.12. The second-order valence-corrected chi connectivity index (χ2v) is 3.14. The molecule has 1 aromatic rings. The van der Waals surface area contributed by atoms with Gasteiger partial charge in [-0.1, -0.05) is 0 Å². The molecule has 0 bridgehead atoms. The van der Waals surface area contributed by atoms with Crippen LogP contribution in [-0.4, -0.2) is 24.8 Å². The maximum atomic E-state index is 12.2. The van der Waals surface area contributed by atoms with Crippen LogP contribution in [0.25, 0.3) is 0 Å². The molecule has 0 spiro atoms. The lowest BCUT2D eigenvalue weighted by Crippen LogP contribution is -2.09. The van der Waals surface area contributed by atoms with Crippen LogP contribution < -0.4 is 4.74 Å². The fourth-order valence-corrected chi connectivity index (χ4v) is 1.35. The van der Waals surface area contributed by atoms with Gasteiger partial charge in [0.1, 0.15) is 5.75 Å². The molecule has 0 fully saturated rings. The Morgan fingerprint density at radius 1 is 1.56 bits per heavy atom. The number of alkyl halides is 2. The number of carbonyl (C=O) groups is 1. The third-order valence-electron chi connectivity index (χ3n) is 2.12. The molecule has 0 aromatic heterocycles. The van der Waals surface area contributed by atoms with Gasteiger partial charge < -0.3 is 14.6 Å². The highest BCUT2D eigenvalue weighted by Crippen LogP contribution is 2.26. The van der Waals surface area contributed by atoms with Gasteiger partial charge in [0.25, 0.3) is 0 Å². The van der Waals surface area contributed by atoms with E-state index >= 15 is 0 Å². The zero-order valence-electron chi connectivity index (χ0n) is 9.31. The summed E-state index contributed by atoms with van der Waals surface area (Å²) in [6.07, 6.45) is 0. The Kier molecular flexibility index (Phi) is 4.57. The highest BCUT2D eigenvalue weighted by molar-refractivity contribution is 5.90. The zero-order valence-corrected chi connectivity index (χ0v) is 9.31. The number of benzene rings is 1. The van der Waals surface area contributed by atoms with Crippen molar-refractivity contribution in [1.82, 2.24) is 0 Å². The highest BCUT2D eigenvalue weighted by atomic mass is 19.3. The average Bonchev–Trinajstić information content (AvgIpc) is 2.35. The smallest absolute Gasteiger partial charge is 0.387 e. The molecule has 0 heterocycles. The second kappa shape index (κ2) is 5.93. The molecule has 96 valence electrons. The first kappa shape index (κ1) is 13.9. The van der Waals surface area contributed by atoms with E-state index in [-0.39, 0.29) is 16.7 Å². The monoisotopic (exact) mass is 257 g/mol. The first-order valence-corrected chi connectivity index (χ1v) is 4.74. The molecule has 0 aliphatic heterocycles. The summed E-state index contributed by atoms with van der Waals surface area (Å²) in [6.45, 7) is -3.79. The quantitative estimate of drug-likeness (QED) is 0.825. The third kappa shape index (κ3) is 2.93. The maximum absolute atomic E-state index is 12.2. The molecule has 1 rings (SSSR count). The van der Waals surface area contributed by atoms with Crippen LogP contribution in [0.1, 0.15) is 21.5 Å². The molecule has 0 aliphatic carbocycles. The highest BCUT2D eigenvalue weighted by Gasteiger charge is 2.18. The van der Waals surface area contributed by atoms with Crippen LogP contribution in [0.3, 0.4) is 0 Å². The predicted octanol–water partition coefficient (Wildman–Crippen LogP) is 1.44. The summed E-state index contributed by atoms with van der Waals surface area (Å²) in [5.41, 5.74) is -0.344. The van der Waals surface area contributed by atoms with Gasteiger partial charge in [-0.3, -0.25) is 0 Å². The van der Waals surface area contributed by atoms with Gasteiger partial charge in [-0.25, -0.2) is 4.79 Å². The summed E-state index contributed by atoms with van der Waals surface area (Å²) in [4.78, 5) is 11.3. The summed E-state index contributed by atoms with van der Waals surface area (Å²) in [6, 6.07) is 3.81. The van der Waals surface area contributed by atoms with Crippen molar-refractivity contribution in [2.75, 3.05) is 7.11 Å². The number of aliphatic hydroxyl groups excluding tert-OH is 1. The van der Waals surface area contributed by atoms with Crippen LogP contribution in [-0.2, 0) is 11.3 Å². The van der Waals surface area contributed by atoms with E-state index < -0.39 is 24.9 Å². The molecule has 0 aliphatic rings. The zero-order chi connectivity index (χ0) is 13.7. The topological polar surface area (TPSA) is 79.6 Å². The van der Waals surface area contributed by atoms with E-state index in [0.29, 0.717) is 0 Å². The number of methoxy groups -OCH3 is 1. The number of esters is 1. The van der Waals surface area contributed by atoms with Gasteiger partial charge in [0.05, 0.1) is 30.9 Å². The molecule has 0 saturated heterocycles. The van der Waals surface area contributed by atoms with E-state index in [2.05, 4.69) is 9.47 Å². The molecule has 7 heteroatoms. The minimum Gasteiger partial charge on any atom is -0.465 e. The van der Waals surface area contributed by atoms with E-state index in [1.54, 1.807) is 6.07 Å². The lowest BCUT2D eigenvalue weighted by molar-refractivity contribution is -0.0510. The van der Waals surface area contributed by atoms with E-state index in [1.807, 2.05) is 0 Å². The Morgan fingerprint density at radius 2 is 2.22 bits per heavy atom. The molecule has 1 N–H and O–H groups in total. The first-order chi connectivity index (χ1) is 8.53. The molecule has 0 saturated carbocycles. The summed E-state index contributed by atoms with van der Waals surface area (Å²) in [7, 11) is 1.11. The number of ether oxygens (including phenoxy) is 2. The number of nitrogens with zero attached hydrogens (tertiary/aromatic N) is 1. The molecular weight excluding hydrogens is 248 g/mol. The molecule has 0 atom stereocenters. The maximum Gasteiger partial charge on any atom is 0.387 e. The van der Waals surface area contributed by atoms with Crippen LogP contribution >= 0.6 is 0 Å². The Hall–Kier alpha value is -2.20. The van der Waals surface area contributed by atoms with Crippen LogP contribution in [0.15, 0.2) is 12.1 Å². The van der Waals surface area contributed by atoms with Crippen LogP contribution in [0, 0.1) is 11.3 Å². The van der Waals surface area contributed by atoms with E-state index in [0.717, 1.165) is 19.2 Å². The van der Waals surface area contributed by atoms with Crippen molar-refractivity contribution in [2.24, 2.45) is 0 Å². The third-order valence-corrected chi connectivity index (χ3v) is 2.12. The van der Waals surface area contributed by atoms with Gasteiger partial charge in [0.2, 0.25) is 0 Å². The number of nitriles is 1. The number of rotatable bonds is 4. The average molecular weight is 257 g/mol. The Bertz CT molecular complexity index is 497. The van der Waals surface area contributed by atoms with E-state index in [4.69, 9.17) is 10.4 Å². The predicted molar refractivity (Wildman–Crippen MR) is 55.1 cm³/mol. The largest absolute Gasteiger partial charge is 0.465 e. The van der Waals surface area contributed by atoms with Gasteiger partial charge >= 0.3 is 12.6 Å². The standard InChI is InChI=1S/C11H9F2NO4/c1-17-10(16)6-2-7(4-14)8(5-15)9(3-6)18-11(12)13/h2-3,11,15H,5H2,1H3. The SMILES string of the molecule is COC(=O)c1cc(C#N)c(CO)c(OC(F)F)c1. The number of carbonyl (C=O) groups excluding carboxylic acids is 1. The van der Waals surface area contributed by atoms with Crippen molar-refractivity contribution >= 4 is 5.97 Å². The Morgan fingerprint density at radius 3 is 2.67 bits per heavy atom. The molecular formula is C11H9F2NO4. The van der Waals surface area contributed by atoms with Crippen LogP contribution in [0.4, 0.5) is 8.78 Å². The molecule has 0 amide bonds. The molecule has 1 aromatic carbocycles. The van der Waals surface area contributed by atoms with E-state index in [9.17, 15) is 13.6 Å². The van der Waals surface area contributed by atoms with Gasteiger partial charge in [-0.05, 0) is 12.1 Å². The fraction of sp³-hybridized carbons (Fsp3) is 0.273. The molecule has 0 radical (unpaired) electrons. The van der Waals surface area contributed by atoms with Gasteiger partial charge in [0.15, 0.2) is 0 Å². The lowest BCUT2D eigenvalue weighted by atomic mass is 10.0. The number of hydrogen-bond acceptors (Lipinski definition) is 5. The molecule has 5 nitrogen and oxygen atoms in total. The summed E-state index contributed by atoms with van der Waals surface area (Å²) in [5.74, 6) is -1.22. The van der Waals surface area contributed by atoms with Crippen molar-refractivity contribution in [3.05, 3.63) is 28.8 Å². The van der Waals surface area contributed by atoms with Crippen molar-refractivity contribution in [2.45, 2.75) is 13.2 Å². The van der Waals surface area contributed by atoms with Crippen LogP contribution in [0.2, 0.25) is 0 Å². The Labute approximate surface area is 101 Å². The summed E-state index contributed by atoms with van der Waals surface area (Å²) < 4.78 is 32.9. The number of aliphatic hydroxyl groups is 1. The minimum absolute atomic E-state index is 0.106. The number of hydrogen-bond donors (Lipinski definition) is 1. The summed E-state index contributed by atoms with van der Waals surface area (Å²) in [5, 5.41) is 17.9. The van der Waals surface area contributed by atoms with E-state index in [1.165, 1.54) is 0 Å². The van der Waals surface area contributed by atoms with Gasteiger partial charge in [-0.15, -0.1) is 0 Å². The van der Waals surface area contributed by atoms with Gasteiger partial charge in [-0.2, -0.15) is 14.0 Å². The minimum atomic E-state index is -3.13. The second-order valence-electron chi connectivity index (χ2n) is 3.14. The number of halogens is 2. The van der Waals surface area contributed by atoms with Crippen molar-refractivity contribution < 1.29 is 28.2 Å². The van der Waals surface area contributed by atoms with Crippen molar-refractivity contribution in [1.29, 1.82) is 5.26 Å². The van der Waals surface area contributed by atoms with Crippen molar-refractivity contribution in [3.63, 3.8) is 0 Å². The fourth-order valence-electron chi connectivity index (χ4n) is 1.35. The molecule has 0 unspecified atom stereocenters. The Balaban J connectivity index is 3.36. The van der Waals surface area contributed by atoms with Gasteiger partial charge in [0, 0.05) is 5.56 Å². The first-order valence-electron chi connectivity index (χ1n) is 4.74. The molecule has 18 heavy (non-hydrogen) atoms. The normalized spacial score (nSPS) is 10.0. The summed E-state index contributed by atoms with van der Waals surface area (Å²) >= 11 is 0. The van der Waals surface area contributed by atoms with Crippen molar-refractivity contribution in [3.8, 4) is 11.8 Å². The van der Waals surface area contributed by atoms with Crippen LogP contribution in [0.5, 0.6) is 5.75 Å².